The molecular weight excluding hydrogens is 272 g/mol. The summed E-state index contributed by atoms with van der Waals surface area (Å²) in [7, 11) is 0. The number of fused-ring (bicyclic) bond motifs is 1. The van der Waals surface area contributed by atoms with Crippen molar-refractivity contribution in [3.05, 3.63) is 34.9 Å². The number of nitrogens with one attached hydrogen (secondary N) is 1. The zero-order chi connectivity index (χ0) is 15.4. The monoisotopic (exact) mass is 300 g/mol. The van der Waals surface area contributed by atoms with E-state index in [1.54, 1.807) is 0 Å². The number of benzene rings is 1. The minimum absolute atomic E-state index is 0.0799. The van der Waals surface area contributed by atoms with Crippen LogP contribution in [0.5, 0.6) is 0 Å². The van der Waals surface area contributed by atoms with Gasteiger partial charge in [-0.25, -0.2) is 0 Å². The predicted octanol–water partition coefficient (Wildman–Crippen LogP) is 3.17. The molecule has 1 aliphatic carbocycles. The highest BCUT2D eigenvalue weighted by atomic mass is 16.1. The van der Waals surface area contributed by atoms with Crippen LogP contribution in [0.4, 0.5) is 0 Å². The number of rotatable bonds is 5. The number of unbranched alkanes of at least 4 members (excludes halogenated alkanes) is 1. The highest BCUT2D eigenvalue weighted by Crippen LogP contribution is 2.27. The first-order chi connectivity index (χ1) is 10.8. The predicted molar refractivity (Wildman–Crippen MR) is 90.3 cm³/mol. The second-order valence-corrected chi connectivity index (χ2v) is 6.71. The molecule has 1 amide bonds. The fourth-order valence-corrected chi connectivity index (χ4v) is 3.48. The molecule has 3 heteroatoms. The second-order valence-electron chi connectivity index (χ2n) is 6.71. The lowest BCUT2D eigenvalue weighted by molar-refractivity contribution is 0.0953. The first-order valence-electron chi connectivity index (χ1n) is 8.92. The van der Waals surface area contributed by atoms with Crippen LogP contribution in [-0.2, 0) is 12.8 Å². The van der Waals surface area contributed by atoms with E-state index in [1.165, 1.54) is 36.9 Å². The van der Waals surface area contributed by atoms with Crippen molar-refractivity contribution in [1.82, 2.24) is 10.2 Å². The summed E-state index contributed by atoms with van der Waals surface area (Å²) in [6, 6.07) is 7.13. The summed E-state index contributed by atoms with van der Waals surface area (Å²) in [5.41, 5.74) is 3.64. The van der Waals surface area contributed by atoms with Crippen molar-refractivity contribution in [2.75, 3.05) is 19.6 Å². The van der Waals surface area contributed by atoms with E-state index in [9.17, 15) is 4.79 Å². The van der Waals surface area contributed by atoms with Crippen LogP contribution in [0.1, 0.15) is 60.5 Å². The van der Waals surface area contributed by atoms with Gasteiger partial charge in [-0.3, -0.25) is 9.69 Å². The standard InChI is InChI=1S/C19H28N2O/c1-2-3-11-20-19(22)17-8-7-15-9-12-21(18-5-4-6-18)13-10-16(15)14-17/h7-8,14,18H,2-6,9-13H2,1H3,(H,20,22). The van der Waals surface area contributed by atoms with E-state index < -0.39 is 0 Å². The normalized spacial score (nSPS) is 19.1. The van der Waals surface area contributed by atoms with Gasteiger partial charge in [0.15, 0.2) is 0 Å². The van der Waals surface area contributed by atoms with Crippen LogP contribution >= 0.6 is 0 Å². The van der Waals surface area contributed by atoms with E-state index in [-0.39, 0.29) is 5.91 Å². The van der Waals surface area contributed by atoms with Gasteiger partial charge in [-0.2, -0.15) is 0 Å². The van der Waals surface area contributed by atoms with E-state index in [4.69, 9.17) is 0 Å². The summed E-state index contributed by atoms with van der Waals surface area (Å²) >= 11 is 0. The fraction of sp³-hybridized carbons (Fsp3) is 0.632. The molecule has 0 radical (unpaired) electrons. The minimum Gasteiger partial charge on any atom is -0.352 e. The highest BCUT2D eigenvalue weighted by molar-refractivity contribution is 5.94. The molecule has 0 bridgehead atoms. The van der Waals surface area contributed by atoms with E-state index >= 15 is 0 Å². The Morgan fingerprint density at radius 2 is 2.00 bits per heavy atom. The Kier molecular flexibility index (Phi) is 5.14. The molecule has 0 aromatic heterocycles. The van der Waals surface area contributed by atoms with Crippen molar-refractivity contribution in [2.24, 2.45) is 0 Å². The first-order valence-corrected chi connectivity index (χ1v) is 8.92. The lowest BCUT2D eigenvalue weighted by Gasteiger charge is -2.36. The third-order valence-corrected chi connectivity index (χ3v) is 5.21. The zero-order valence-corrected chi connectivity index (χ0v) is 13.7. The van der Waals surface area contributed by atoms with E-state index in [1.807, 2.05) is 6.07 Å². The summed E-state index contributed by atoms with van der Waals surface area (Å²) in [4.78, 5) is 14.9. The van der Waals surface area contributed by atoms with E-state index in [0.29, 0.717) is 0 Å². The number of nitrogens with zero attached hydrogens (tertiary/aromatic N) is 1. The van der Waals surface area contributed by atoms with Gasteiger partial charge in [0.05, 0.1) is 0 Å². The molecular formula is C19H28N2O. The number of hydrogen-bond donors (Lipinski definition) is 1. The number of carbonyl (C=O) groups is 1. The number of hydrogen-bond acceptors (Lipinski definition) is 2. The van der Waals surface area contributed by atoms with Crippen molar-refractivity contribution in [3.8, 4) is 0 Å². The van der Waals surface area contributed by atoms with Gasteiger partial charge in [0, 0.05) is 31.2 Å². The van der Waals surface area contributed by atoms with E-state index in [2.05, 4.69) is 29.3 Å². The molecule has 3 rings (SSSR count). The van der Waals surface area contributed by atoms with Gasteiger partial charge < -0.3 is 5.32 Å². The zero-order valence-electron chi connectivity index (χ0n) is 13.7. The Balaban J connectivity index is 1.64. The van der Waals surface area contributed by atoms with Crippen molar-refractivity contribution in [2.45, 2.75) is 57.9 Å². The molecule has 1 N–H and O–H groups in total. The summed E-state index contributed by atoms with van der Waals surface area (Å²) in [5.74, 6) is 0.0799. The lowest BCUT2D eigenvalue weighted by Crippen LogP contribution is -2.41. The summed E-state index contributed by atoms with van der Waals surface area (Å²) < 4.78 is 0. The van der Waals surface area contributed by atoms with Crippen molar-refractivity contribution >= 4 is 5.91 Å². The van der Waals surface area contributed by atoms with Gasteiger partial charge in [0.25, 0.3) is 5.91 Å². The average Bonchev–Trinajstić information content (AvgIpc) is 2.68. The second kappa shape index (κ2) is 7.28. The number of amides is 1. The van der Waals surface area contributed by atoms with Gasteiger partial charge in [-0.05, 0) is 55.4 Å². The smallest absolute Gasteiger partial charge is 0.251 e. The Morgan fingerprint density at radius 3 is 2.68 bits per heavy atom. The van der Waals surface area contributed by atoms with Crippen LogP contribution in [0, 0.1) is 0 Å². The van der Waals surface area contributed by atoms with Crippen LogP contribution < -0.4 is 5.32 Å². The fourth-order valence-electron chi connectivity index (χ4n) is 3.48. The van der Waals surface area contributed by atoms with Crippen molar-refractivity contribution in [3.63, 3.8) is 0 Å². The van der Waals surface area contributed by atoms with Crippen LogP contribution in [0.15, 0.2) is 18.2 Å². The molecule has 1 fully saturated rings. The Labute approximate surface area is 134 Å². The Morgan fingerprint density at radius 1 is 1.23 bits per heavy atom. The van der Waals surface area contributed by atoms with Gasteiger partial charge >= 0.3 is 0 Å². The quantitative estimate of drug-likeness (QED) is 0.847. The maximum absolute atomic E-state index is 12.2. The molecule has 3 nitrogen and oxygen atoms in total. The van der Waals surface area contributed by atoms with Gasteiger partial charge in [0.2, 0.25) is 0 Å². The largest absolute Gasteiger partial charge is 0.352 e. The first kappa shape index (κ1) is 15.5. The molecule has 1 heterocycles. The molecule has 1 aliphatic heterocycles. The average molecular weight is 300 g/mol. The highest BCUT2D eigenvalue weighted by Gasteiger charge is 2.26. The summed E-state index contributed by atoms with van der Waals surface area (Å²) in [6.07, 6.45) is 8.53. The molecule has 1 saturated carbocycles. The summed E-state index contributed by atoms with van der Waals surface area (Å²) in [6.45, 7) is 5.25. The summed E-state index contributed by atoms with van der Waals surface area (Å²) in [5, 5.41) is 3.02. The molecule has 0 saturated heterocycles. The maximum Gasteiger partial charge on any atom is 0.251 e. The Bertz CT molecular complexity index is 522. The molecule has 0 spiro atoms. The SMILES string of the molecule is CCCCNC(=O)c1ccc2c(c1)CCN(C1CCC1)CC2. The molecule has 2 aliphatic rings. The molecule has 1 aromatic rings. The Hall–Kier alpha value is -1.35. The minimum atomic E-state index is 0.0799. The van der Waals surface area contributed by atoms with Crippen LogP contribution in [0.2, 0.25) is 0 Å². The van der Waals surface area contributed by atoms with Gasteiger partial charge in [-0.1, -0.05) is 25.8 Å². The molecule has 1 aromatic carbocycles. The van der Waals surface area contributed by atoms with Crippen molar-refractivity contribution < 1.29 is 4.79 Å². The van der Waals surface area contributed by atoms with Crippen LogP contribution in [0.25, 0.3) is 0 Å². The molecule has 120 valence electrons. The lowest BCUT2D eigenvalue weighted by atomic mass is 9.91. The van der Waals surface area contributed by atoms with Crippen molar-refractivity contribution in [1.29, 1.82) is 0 Å². The molecule has 22 heavy (non-hydrogen) atoms. The van der Waals surface area contributed by atoms with Gasteiger partial charge in [-0.15, -0.1) is 0 Å². The number of carbonyl (C=O) groups excluding carboxylic acids is 1. The third kappa shape index (κ3) is 3.52. The molecule has 0 atom stereocenters. The van der Waals surface area contributed by atoms with E-state index in [0.717, 1.165) is 50.4 Å². The third-order valence-electron chi connectivity index (χ3n) is 5.21. The maximum atomic E-state index is 12.2. The van der Waals surface area contributed by atoms with Gasteiger partial charge in [0.1, 0.15) is 0 Å². The molecule has 0 unspecified atom stereocenters. The van der Waals surface area contributed by atoms with Crippen LogP contribution in [-0.4, -0.2) is 36.5 Å². The topological polar surface area (TPSA) is 32.3 Å². The van der Waals surface area contributed by atoms with Crippen LogP contribution in [0.3, 0.4) is 0 Å².